The normalized spacial score (nSPS) is 25.6. The maximum absolute atomic E-state index is 13.6. The first kappa shape index (κ1) is 45.1. The second-order valence-corrected chi connectivity index (χ2v) is 14.8. The number of ether oxygens (including phenoxy) is 9. The topological polar surface area (TPSA) is 186 Å². The fourth-order valence-electron chi connectivity index (χ4n) is 7.40. The summed E-state index contributed by atoms with van der Waals surface area (Å²) in [5, 5.41) is 15.6. The number of esters is 2. The molecule has 63 heavy (non-hydrogen) atoms. The summed E-state index contributed by atoms with van der Waals surface area (Å²) in [7, 11) is 1.17. The van der Waals surface area contributed by atoms with Crippen LogP contribution >= 0.6 is 0 Å². The van der Waals surface area contributed by atoms with Gasteiger partial charge in [0.05, 0.1) is 39.1 Å². The van der Waals surface area contributed by atoms with Crippen LogP contribution in [-0.4, -0.2) is 92.1 Å². The lowest BCUT2D eigenvalue weighted by atomic mass is 9.95. The minimum absolute atomic E-state index is 0.0127. The molecule has 15 heteroatoms. The Morgan fingerprint density at radius 2 is 1.05 bits per heavy atom. The molecule has 5 aromatic rings. The van der Waals surface area contributed by atoms with E-state index in [9.17, 15) is 20.2 Å². The number of hydrogen-bond acceptors (Lipinski definition) is 13. The highest BCUT2D eigenvalue weighted by Crippen LogP contribution is 2.36. The number of carbonyl (C=O) groups excluding carboxylic acids is 2. The third-order valence-electron chi connectivity index (χ3n) is 10.6. The van der Waals surface area contributed by atoms with E-state index in [4.69, 9.17) is 42.6 Å². The lowest BCUT2D eigenvalue weighted by Gasteiger charge is -2.48. The molecule has 328 valence electrons. The molecule has 0 amide bonds. The first-order valence-electron chi connectivity index (χ1n) is 20.5. The van der Waals surface area contributed by atoms with Gasteiger partial charge in [-0.15, -0.1) is 0 Å². The minimum atomic E-state index is -1.68. The predicted molar refractivity (Wildman–Crippen MR) is 226 cm³/mol. The van der Waals surface area contributed by atoms with Crippen LogP contribution in [0.2, 0.25) is 0 Å². The number of carbonyl (C=O) groups is 2. The first-order valence-corrected chi connectivity index (χ1v) is 20.5. The Morgan fingerprint density at radius 1 is 0.603 bits per heavy atom. The number of nitrogens with zero attached hydrogens (tertiary/aromatic N) is 3. The summed E-state index contributed by atoms with van der Waals surface area (Å²) >= 11 is 0. The highest BCUT2D eigenvalue weighted by atomic mass is 16.7. The second kappa shape index (κ2) is 22.9. The molecular weight excluding hydrogens is 811 g/mol. The molecule has 0 aromatic heterocycles. The number of benzene rings is 5. The van der Waals surface area contributed by atoms with Crippen molar-refractivity contribution in [3.8, 4) is 0 Å². The number of aliphatic hydroxyl groups is 1. The summed E-state index contributed by atoms with van der Waals surface area (Å²) in [5.74, 6) is -1.51. The Bertz CT molecular complexity index is 2200. The van der Waals surface area contributed by atoms with Crippen molar-refractivity contribution in [3.05, 3.63) is 190 Å². The van der Waals surface area contributed by atoms with Crippen molar-refractivity contribution >= 4 is 11.9 Å². The summed E-state index contributed by atoms with van der Waals surface area (Å²) in [6.07, 6.45) is -11.9. The molecule has 0 radical (unpaired) electrons. The molecule has 7 rings (SSSR count). The van der Waals surface area contributed by atoms with E-state index in [1.54, 1.807) is 30.3 Å². The molecule has 0 bridgehead atoms. The van der Waals surface area contributed by atoms with Gasteiger partial charge in [0, 0.05) is 4.91 Å². The van der Waals surface area contributed by atoms with Gasteiger partial charge in [0.1, 0.15) is 49.3 Å². The summed E-state index contributed by atoms with van der Waals surface area (Å²) in [5.41, 5.74) is 13.6. The smallest absolute Gasteiger partial charge is 0.338 e. The Balaban J connectivity index is 1.26. The molecule has 0 saturated carbocycles. The molecule has 5 aromatic carbocycles. The van der Waals surface area contributed by atoms with Crippen molar-refractivity contribution in [2.45, 2.75) is 87.8 Å². The molecular formula is C48H49N3O12. The van der Waals surface area contributed by atoms with Crippen molar-refractivity contribution in [3.63, 3.8) is 0 Å². The van der Waals surface area contributed by atoms with Crippen molar-refractivity contribution < 1.29 is 57.3 Å². The van der Waals surface area contributed by atoms with Gasteiger partial charge in [0.15, 0.2) is 18.7 Å². The zero-order valence-electron chi connectivity index (χ0n) is 34.5. The maximum atomic E-state index is 13.6. The lowest BCUT2D eigenvalue weighted by molar-refractivity contribution is -0.348. The van der Waals surface area contributed by atoms with Crippen molar-refractivity contribution in [2.75, 3.05) is 13.7 Å². The molecule has 10 atom stereocenters. The number of hydrogen-bond donors (Lipinski definition) is 1. The summed E-state index contributed by atoms with van der Waals surface area (Å²) in [6, 6.07) is 44.5. The molecule has 0 spiro atoms. The summed E-state index contributed by atoms with van der Waals surface area (Å²) in [6.45, 7) is -0.152. The Labute approximate surface area is 364 Å². The Hall–Kier alpha value is -5.97. The minimum Gasteiger partial charge on any atom is -0.467 e. The van der Waals surface area contributed by atoms with Gasteiger partial charge in [-0.2, -0.15) is 0 Å². The molecule has 0 aliphatic carbocycles. The zero-order chi connectivity index (χ0) is 43.8. The van der Waals surface area contributed by atoms with E-state index in [1.165, 1.54) is 7.11 Å². The number of methoxy groups -OCH3 is 1. The first-order chi connectivity index (χ1) is 30.9. The highest BCUT2D eigenvalue weighted by Gasteiger charge is 2.55. The van der Waals surface area contributed by atoms with Gasteiger partial charge < -0.3 is 47.7 Å². The van der Waals surface area contributed by atoms with Gasteiger partial charge >= 0.3 is 11.9 Å². The van der Waals surface area contributed by atoms with Crippen molar-refractivity contribution in [1.29, 1.82) is 0 Å². The monoisotopic (exact) mass is 859 g/mol. The van der Waals surface area contributed by atoms with Crippen LogP contribution in [0.25, 0.3) is 10.4 Å². The molecule has 2 aliphatic rings. The molecule has 2 aliphatic heterocycles. The van der Waals surface area contributed by atoms with E-state index in [1.807, 2.05) is 121 Å². The molecule has 2 fully saturated rings. The number of rotatable bonds is 19. The van der Waals surface area contributed by atoms with E-state index in [0.29, 0.717) is 5.56 Å². The molecule has 1 N–H and O–H groups in total. The van der Waals surface area contributed by atoms with Crippen molar-refractivity contribution in [1.82, 2.24) is 0 Å². The van der Waals surface area contributed by atoms with Crippen LogP contribution in [0.1, 0.15) is 32.6 Å². The van der Waals surface area contributed by atoms with Crippen LogP contribution in [0.5, 0.6) is 0 Å². The number of aliphatic hydroxyl groups excluding tert-OH is 1. The molecule has 2 saturated heterocycles. The van der Waals surface area contributed by atoms with Crippen LogP contribution in [0.15, 0.2) is 157 Å². The van der Waals surface area contributed by atoms with E-state index >= 15 is 0 Å². The van der Waals surface area contributed by atoms with Crippen LogP contribution in [0, 0.1) is 0 Å². The van der Waals surface area contributed by atoms with Gasteiger partial charge in [0.2, 0.25) is 0 Å². The van der Waals surface area contributed by atoms with Gasteiger partial charge in [-0.25, -0.2) is 9.59 Å². The summed E-state index contributed by atoms with van der Waals surface area (Å²) in [4.78, 5) is 30.1. The standard InChI is InChI=1S/C48H49N3O12/c1-55-46(53)44-42(41(58-29-34-21-11-4-12-22-34)43(47(54)62-44)59-30-35-23-13-5-14-24-35)63-48-38(50-51-49)40(57-28-33-19-9-3-10-20-33)39(56-27-32-17-7-2-8-18-32)37(61-48)31-60-45(52)36-25-15-6-16-26-36/h2-26,37-44,47-48,54H,27-31H2,1H3/t37?,38?,39-,40+,41+,42+,43?,44?,47?,48-/m0/s1. The number of azide groups is 1. The third kappa shape index (κ3) is 12.1. The van der Waals surface area contributed by atoms with E-state index < -0.39 is 73.3 Å². The van der Waals surface area contributed by atoms with Gasteiger partial charge in [-0.05, 0) is 39.9 Å². The molecule has 2 heterocycles. The fraction of sp³-hybridized carbons (Fsp3) is 0.333. The van der Waals surface area contributed by atoms with E-state index in [0.717, 1.165) is 22.3 Å². The maximum Gasteiger partial charge on any atom is 0.338 e. The fourth-order valence-corrected chi connectivity index (χ4v) is 7.40. The SMILES string of the molecule is COC(=O)C1OC(O)C(OCc2ccccc2)[C@H](OCc2ccccc2)[C@H]1O[C@@H]1OC(COC(=O)c2ccccc2)[C@H](OCc2ccccc2)[C@H](OCc2ccccc2)C1N=[N+]=[N-]. The van der Waals surface area contributed by atoms with Crippen LogP contribution in [-0.2, 0) is 73.9 Å². The van der Waals surface area contributed by atoms with E-state index in [-0.39, 0.29) is 33.0 Å². The van der Waals surface area contributed by atoms with E-state index in [2.05, 4.69) is 10.0 Å². The van der Waals surface area contributed by atoms with Crippen LogP contribution in [0.4, 0.5) is 0 Å². The van der Waals surface area contributed by atoms with Gasteiger partial charge in [-0.1, -0.05) is 145 Å². The average Bonchev–Trinajstić information content (AvgIpc) is 3.33. The Kier molecular flexibility index (Phi) is 16.4. The third-order valence-corrected chi connectivity index (χ3v) is 10.6. The quantitative estimate of drug-likeness (QED) is 0.0394. The van der Waals surface area contributed by atoms with Crippen molar-refractivity contribution in [2.24, 2.45) is 5.11 Å². The lowest BCUT2D eigenvalue weighted by Crippen LogP contribution is -2.66. The Morgan fingerprint density at radius 3 is 1.52 bits per heavy atom. The highest BCUT2D eigenvalue weighted by molar-refractivity contribution is 5.89. The molecule has 5 unspecified atom stereocenters. The second-order valence-electron chi connectivity index (χ2n) is 14.8. The predicted octanol–water partition coefficient (Wildman–Crippen LogP) is 6.86. The van der Waals surface area contributed by atoms with Gasteiger partial charge in [-0.3, -0.25) is 0 Å². The average molecular weight is 860 g/mol. The summed E-state index contributed by atoms with van der Waals surface area (Å²) < 4.78 is 56.4. The van der Waals surface area contributed by atoms with Gasteiger partial charge in [0.25, 0.3) is 0 Å². The largest absolute Gasteiger partial charge is 0.467 e. The van der Waals surface area contributed by atoms with Crippen LogP contribution < -0.4 is 0 Å². The molecule has 15 nitrogen and oxygen atoms in total. The van der Waals surface area contributed by atoms with Crippen LogP contribution in [0.3, 0.4) is 0 Å². The zero-order valence-corrected chi connectivity index (χ0v) is 34.5.